The molecule has 1 N–H and O–H groups in total. The molecular weight excluding hydrogens is 322 g/mol. The van der Waals surface area contributed by atoms with Gasteiger partial charge < -0.3 is 5.32 Å². The molecule has 0 radical (unpaired) electrons. The van der Waals surface area contributed by atoms with Gasteiger partial charge in [-0.3, -0.25) is 4.79 Å². The Kier molecular flexibility index (Phi) is 3.54. The predicted octanol–water partition coefficient (Wildman–Crippen LogP) is 4.10. The highest BCUT2D eigenvalue weighted by atomic mass is 16.2. The summed E-state index contributed by atoms with van der Waals surface area (Å²) in [4.78, 5) is 23.5. The molecule has 1 fully saturated rings. The third-order valence-corrected chi connectivity index (χ3v) is 7.58. The summed E-state index contributed by atoms with van der Waals surface area (Å²) < 4.78 is 0. The van der Waals surface area contributed by atoms with E-state index in [1.165, 1.54) is 11.1 Å². The minimum atomic E-state index is -0.577. The van der Waals surface area contributed by atoms with E-state index in [0.29, 0.717) is 6.54 Å². The van der Waals surface area contributed by atoms with Crippen LogP contribution in [0.3, 0.4) is 0 Å². The summed E-state index contributed by atoms with van der Waals surface area (Å²) in [6, 6.07) is 4.24. The van der Waals surface area contributed by atoms with E-state index < -0.39 is 5.41 Å². The number of carbonyl (C=O) groups excluding carboxylic acids is 1. The lowest BCUT2D eigenvalue weighted by Gasteiger charge is -2.39. The number of hydrogen-bond acceptors (Lipinski definition) is 3. The first-order valence-electron chi connectivity index (χ1n) is 9.77. The number of aromatic nitrogens is 2. The van der Waals surface area contributed by atoms with Crippen LogP contribution in [0, 0.1) is 19.3 Å². The predicted molar refractivity (Wildman–Crippen MR) is 104 cm³/mol. The number of aryl methyl sites for hydroxylation is 2. The van der Waals surface area contributed by atoms with Gasteiger partial charge in [0.2, 0.25) is 5.91 Å². The molecule has 2 aliphatic carbocycles. The number of carbonyl (C=O) groups is 1. The molecule has 4 rings (SSSR count). The van der Waals surface area contributed by atoms with Crippen LogP contribution in [-0.4, -0.2) is 22.4 Å². The van der Waals surface area contributed by atoms with Gasteiger partial charge in [-0.1, -0.05) is 27.7 Å². The van der Waals surface area contributed by atoms with Crippen molar-refractivity contribution in [2.24, 2.45) is 5.41 Å². The molecule has 0 aliphatic heterocycles. The second-order valence-corrected chi connectivity index (χ2v) is 8.96. The van der Waals surface area contributed by atoms with Crippen LogP contribution in [0.4, 0.5) is 0 Å². The molecule has 26 heavy (non-hydrogen) atoms. The van der Waals surface area contributed by atoms with Gasteiger partial charge in [0.05, 0.1) is 27.8 Å². The Balaban J connectivity index is 2.00. The van der Waals surface area contributed by atoms with E-state index in [-0.39, 0.29) is 16.7 Å². The number of nitrogens with one attached hydrogen (secondary N) is 1. The van der Waals surface area contributed by atoms with Gasteiger partial charge in [-0.05, 0) is 61.8 Å². The first-order valence-corrected chi connectivity index (χ1v) is 9.77. The van der Waals surface area contributed by atoms with Crippen LogP contribution in [0.1, 0.15) is 69.5 Å². The maximum atomic E-state index is 13.4. The van der Waals surface area contributed by atoms with Crippen molar-refractivity contribution >= 4 is 16.9 Å². The van der Waals surface area contributed by atoms with Gasteiger partial charge in [0, 0.05) is 12.0 Å². The number of nitrogens with zero attached hydrogens (tertiary/aromatic N) is 2. The Bertz CT molecular complexity index is 933. The molecule has 2 bridgehead atoms. The van der Waals surface area contributed by atoms with Crippen LogP contribution in [0.2, 0.25) is 0 Å². The fourth-order valence-corrected chi connectivity index (χ4v) is 5.25. The van der Waals surface area contributed by atoms with Crippen LogP contribution in [0.15, 0.2) is 12.1 Å². The highest BCUT2D eigenvalue weighted by Crippen LogP contribution is 2.70. The molecule has 0 unspecified atom stereocenters. The first-order chi connectivity index (χ1) is 12.2. The van der Waals surface area contributed by atoms with E-state index in [1.807, 2.05) is 0 Å². The highest BCUT2D eigenvalue weighted by molar-refractivity contribution is 5.93. The van der Waals surface area contributed by atoms with Crippen molar-refractivity contribution in [1.29, 1.82) is 0 Å². The Labute approximate surface area is 155 Å². The summed E-state index contributed by atoms with van der Waals surface area (Å²) in [5.41, 5.74) is 5.35. The van der Waals surface area contributed by atoms with E-state index in [1.54, 1.807) is 0 Å². The van der Waals surface area contributed by atoms with E-state index >= 15 is 0 Å². The molecule has 4 heteroatoms. The average molecular weight is 351 g/mol. The van der Waals surface area contributed by atoms with Gasteiger partial charge in [-0.2, -0.15) is 0 Å². The van der Waals surface area contributed by atoms with Gasteiger partial charge in [-0.25, -0.2) is 9.97 Å². The lowest BCUT2D eigenvalue weighted by atomic mass is 9.63. The normalized spacial score (nSPS) is 28.4. The van der Waals surface area contributed by atoms with Crippen molar-refractivity contribution in [1.82, 2.24) is 15.3 Å². The number of hydrogen-bond donors (Lipinski definition) is 1. The smallest absolute Gasteiger partial charge is 0.232 e. The summed E-state index contributed by atoms with van der Waals surface area (Å²) in [7, 11) is 0. The molecule has 1 aromatic heterocycles. The molecule has 1 amide bonds. The summed E-state index contributed by atoms with van der Waals surface area (Å²) in [5, 5.41) is 3.17. The first kappa shape index (κ1) is 17.4. The molecule has 2 atom stereocenters. The van der Waals surface area contributed by atoms with Crippen LogP contribution in [0.25, 0.3) is 11.0 Å². The molecule has 2 aromatic rings. The standard InChI is InChI=1S/C22H29N3O/c1-7-10-23-19(26)22-9-8-21(6,20(22,4)5)17-18(22)25-16-12-14(3)13(2)11-15(16)24-17/h11-12H,7-10H2,1-6H3,(H,23,26)/t21-,22-/m1/s1. The van der Waals surface area contributed by atoms with E-state index in [9.17, 15) is 4.79 Å². The second-order valence-electron chi connectivity index (χ2n) is 8.96. The van der Waals surface area contributed by atoms with Gasteiger partial charge in [0.15, 0.2) is 0 Å². The van der Waals surface area contributed by atoms with Crippen LogP contribution < -0.4 is 5.32 Å². The average Bonchev–Trinajstić information content (AvgIpc) is 2.88. The van der Waals surface area contributed by atoms with Gasteiger partial charge >= 0.3 is 0 Å². The highest BCUT2D eigenvalue weighted by Gasteiger charge is 2.73. The van der Waals surface area contributed by atoms with Gasteiger partial charge in [0.1, 0.15) is 0 Å². The SMILES string of the molecule is CCCNC(=O)[C@@]12CC[C@](C)(c3nc4cc(C)c(C)cc4nc31)C2(C)C. The van der Waals surface area contributed by atoms with Gasteiger partial charge in [-0.15, -0.1) is 0 Å². The molecular formula is C22H29N3O. The summed E-state index contributed by atoms with van der Waals surface area (Å²) >= 11 is 0. The van der Waals surface area contributed by atoms with Crippen molar-refractivity contribution in [3.05, 3.63) is 34.6 Å². The number of benzene rings is 1. The zero-order valence-electron chi connectivity index (χ0n) is 16.8. The maximum Gasteiger partial charge on any atom is 0.232 e. The van der Waals surface area contributed by atoms with E-state index in [4.69, 9.17) is 9.97 Å². The fraction of sp³-hybridized carbons (Fsp3) is 0.591. The zero-order valence-corrected chi connectivity index (χ0v) is 16.8. The molecule has 1 heterocycles. The van der Waals surface area contributed by atoms with Crippen molar-refractivity contribution in [2.45, 2.75) is 71.6 Å². The van der Waals surface area contributed by atoms with E-state index in [0.717, 1.165) is 41.7 Å². The van der Waals surface area contributed by atoms with Gasteiger partial charge in [0.25, 0.3) is 0 Å². The molecule has 0 spiro atoms. The Morgan fingerprint density at radius 2 is 1.62 bits per heavy atom. The van der Waals surface area contributed by atoms with Crippen LogP contribution >= 0.6 is 0 Å². The molecule has 0 saturated heterocycles. The lowest BCUT2D eigenvalue weighted by Crippen LogP contribution is -2.51. The Morgan fingerprint density at radius 3 is 2.19 bits per heavy atom. The minimum Gasteiger partial charge on any atom is -0.355 e. The summed E-state index contributed by atoms with van der Waals surface area (Å²) in [6.07, 6.45) is 2.77. The van der Waals surface area contributed by atoms with Crippen molar-refractivity contribution < 1.29 is 4.79 Å². The van der Waals surface area contributed by atoms with Crippen molar-refractivity contribution in [3.8, 4) is 0 Å². The van der Waals surface area contributed by atoms with E-state index in [2.05, 4.69) is 59.0 Å². The summed E-state index contributed by atoms with van der Waals surface area (Å²) in [6.45, 7) is 13.7. The monoisotopic (exact) mass is 351 g/mol. The maximum absolute atomic E-state index is 13.4. The minimum absolute atomic E-state index is 0.119. The molecule has 138 valence electrons. The number of fused-ring (bicyclic) bond motifs is 6. The lowest BCUT2D eigenvalue weighted by molar-refractivity contribution is -0.130. The second kappa shape index (κ2) is 5.28. The molecule has 2 aliphatic rings. The van der Waals surface area contributed by atoms with Crippen LogP contribution in [-0.2, 0) is 15.6 Å². The molecule has 4 nitrogen and oxygen atoms in total. The Hall–Kier alpha value is -1.97. The third kappa shape index (κ3) is 1.83. The molecule has 1 aromatic carbocycles. The largest absolute Gasteiger partial charge is 0.355 e. The quantitative estimate of drug-likeness (QED) is 0.906. The fourth-order valence-electron chi connectivity index (χ4n) is 5.25. The van der Waals surface area contributed by atoms with Crippen molar-refractivity contribution in [3.63, 3.8) is 0 Å². The summed E-state index contributed by atoms with van der Waals surface area (Å²) in [5.74, 6) is 0.129. The third-order valence-electron chi connectivity index (χ3n) is 7.58. The number of amides is 1. The molecule has 1 saturated carbocycles. The van der Waals surface area contributed by atoms with Crippen LogP contribution in [0.5, 0.6) is 0 Å². The number of rotatable bonds is 3. The zero-order chi connectivity index (χ0) is 18.9. The van der Waals surface area contributed by atoms with Crippen molar-refractivity contribution in [2.75, 3.05) is 6.54 Å². The Morgan fingerprint density at radius 1 is 1.04 bits per heavy atom. The topological polar surface area (TPSA) is 54.9 Å².